The van der Waals surface area contributed by atoms with Crippen LogP contribution in [0, 0.1) is 0 Å². The maximum absolute atomic E-state index is 12.1. The Kier molecular flexibility index (Phi) is 2.40. The Labute approximate surface area is 81.4 Å². The third kappa shape index (κ3) is 1.71. The van der Waals surface area contributed by atoms with E-state index in [0.717, 1.165) is 11.1 Å². The molecule has 2 rings (SSSR count). The van der Waals surface area contributed by atoms with Crippen LogP contribution in [0.5, 0.6) is 0 Å². The number of pyridine rings is 1. The van der Waals surface area contributed by atoms with E-state index in [1.54, 1.807) is 17.8 Å². The Morgan fingerprint density at radius 2 is 1.79 bits per heavy atom. The largest absolute Gasteiger partial charge is 0.262 e. The molecule has 0 atom stereocenters. The average Bonchev–Trinajstić information content (AvgIpc) is 2.30. The van der Waals surface area contributed by atoms with Crippen molar-refractivity contribution >= 4 is 5.69 Å². The van der Waals surface area contributed by atoms with Crippen LogP contribution < -0.4 is 5.54 Å². The number of hydrogen-bond acceptors (Lipinski definition) is 2. The van der Waals surface area contributed by atoms with E-state index in [4.69, 9.17) is 0 Å². The van der Waals surface area contributed by atoms with Crippen LogP contribution in [0.15, 0.2) is 48.8 Å². The molecule has 0 saturated carbocycles. The summed E-state index contributed by atoms with van der Waals surface area (Å²) in [6, 6.07) is 11.4. The third-order valence-corrected chi connectivity index (χ3v) is 1.95. The minimum absolute atomic E-state index is 0.367. The molecule has 1 aromatic carbocycles. The number of halogens is 1. The molecule has 0 aliphatic carbocycles. The van der Waals surface area contributed by atoms with Crippen LogP contribution in [-0.4, -0.2) is 4.98 Å². The average molecular weight is 188 g/mol. The standard InChI is InChI=1S/C11H9FN2/c12-14-11-6-10(7-13-8-11)9-4-2-1-3-5-9/h1-8,14H. The second-order valence-corrected chi connectivity index (χ2v) is 2.92. The number of nitrogens with one attached hydrogen (secondary N) is 1. The molecule has 0 saturated heterocycles. The molecule has 1 N–H and O–H groups in total. The number of rotatable bonds is 2. The normalized spacial score (nSPS) is 9.79. The second kappa shape index (κ2) is 3.87. The number of hydrogen-bond donors (Lipinski definition) is 1. The summed E-state index contributed by atoms with van der Waals surface area (Å²) in [5, 5.41) is 0. The lowest BCUT2D eigenvalue weighted by Gasteiger charge is -2.01. The summed E-state index contributed by atoms with van der Waals surface area (Å²) >= 11 is 0. The van der Waals surface area contributed by atoms with Crippen molar-refractivity contribution in [3.05, 3.63) is 48.8 Å². The van der Waals surface area contributed by atoms with Crippen LogP contribution in [0.2, 0.25) is 0 Å². The Balaban J connectivity index is 2.42. The molecule has 2 nitrogen and oxygen atoms in total. The Morgan fingerprint density at radius 3 is 2.50 bits per heavy atom. The highest BCUT2D eigenvalue weighted by Gasteiger charge is 1.98. The van der Waals surface area contributed by atoms with Gasteiger partial charge in [0.15, 0.2) is 0 Å². The van der Waals surface area contributed by atoms with Gasteiger partial charge in [0.1, 0.15) is 0 Å². The lowest BCUT2D eigenvalue weighted by Crippen LogP contribution is -1.85. The molecule has 0 aliphatic rings. The zero-order valence-corrected chi connectivity index (χ0v) is 7.44. The predicted molar refractivity (Wildman–Crippen MR) is 54.4 cm³/mol. The number of aromatic nitrogens is 1. The maximum Gasteiger partial charge on any atom is 0.0845 e. The highest BCUT2D eigenvalue weighted by Crippen LogP contribution is 2.20. The van der Waals surface area contributed by atoms with Crippen molar-refractivity contribution in [3.8, 4) is 11.1 Å². The monoisotopic (exact) mass is 188 g/mol. The molecule has 2 aromatic rings. The molecule has 70 valence electrons. The van der Waals surface area contributed by atoms with Gasteiger partial charge in [0.2, 0.25) is 0 Å². The molecular weight excluding hydrogens is 179 g/mol. The van der Waals surface area contributed by atoms with Crippen molar-refractivity contribution in [1.29, 1.82) is 0 Å². The topological polar surface area (TPSA) is 24.9 Å². The van der Waals surface area contributed by atoms with Crippen molar-refractivity contribution in [2.45, 2.75) is 0 Å². The van der Waals surface area contributed by atoms with E-state index in [1.165, 1.54) is 6.20 Å². The molecule has 0 amide bonds. The maximum atomic E-state index is 12.1. The minimum Gasteiger partial charge on any atom is -0.262 e. The van der Waals surface area contributed by atoms with E-state index in [-0.39, 0.29) is 0 Å². The third-order valence-electron chi connectivity index (χ3n) is 1.95. The zero-order chi connectivity index (χ0) is 9.80. The zero-order valence-electron chi connectivity index (χ0n) is 7.44. The smallest absolute Gasteiger partial charge is 0.0845 e. The van der Waals surface area contributed by atoms with E-state index < -0.39 is 0 Å². The summed E-state index contributed by atoms with van der Waals surface area (Å²) in [5.41, 5.74) is 3.86. The van der Waals surface area contributed by atoms with E-state index in [1.807, 2.05) is 30.3 Å². The summed E-state index contributed by atoms with van der Waals surface area (Å²) in [5.74, 6) is 0. The second-order valence-electron chi connectivity index (χ2n) is 2.92. The SMILES string of the molecule is FNc1cncc(-c2ccccc2)c1. The van der Waals surface area contributed by atoms with Gasteiger partial charge in [0.05, 0.1) is 11.9 Å². The van der Waals surface area contributed by atoms with Gasteiger partial charge in [-0.3, -0.25) is 4.98 Å². The quantitative estimate of drug-likeness (QED) is 0.732. The highest BCUT2D eigenvalue weighted by atomic mass is 19.2. The van der Waals surface area contributed by atoms with Crippen LogP contribution in [0.25, 0.3) is 11.1 Å². The molecule has 0 spiro atoms. The molecule has 0 aliphatic heterocycles. The first kappa shape index (κ1) is 8.69. The first-order valence-corrected chi connectivity index (χ1v) is 4.27. The van der Waals surface area contributed by atoms with E-state index in [9.17, 15) is 4.48 Å². The van der Waals surface area contributed by atoms with Crippen molar-refractivity contribution in [1.82, 2.24) is 4.98 Å². The molecule has 0 fully saturated rings. The Bertz CT molecular complexity index is 415. The molecule has 0 bridgehead atoms. The fourth-order valence-electron chi connectivity index (χ4n) is 1.28. The van der Waals surface area contributed by atoms with Gasteiger partial charge in [0.25, 0.3) is 0 Å². The first-order valence-electron chi connectivity index (χ1n) is 4.27. The van der Waals surface area contributed by atoms with E-state index in [0.29, 0.717) is 5.69 Å². The fraction of sp³-hybridized carbons (Fsp3) is 0. The van der Waals surface area contributed by atoms with Crippen molar-refractivity contribution in [2.75, 3.05) is 5.54 Å². The molecule has 14 heavy (non-hydrogen) atoms. The summed E-state index contributed by atoms with van der Waals surface area (Å²) in [7, 11) is 0. The molecule has 0 radical (unpaired) electrons. The molecule has 1 heterocycles. The lowest BCUT2D eigenvalue weighted by atomic mass is 10.1. The fourth-order valence-corrected chi connectivity index (χ4v) is 1.28. The highest BCUT2D eigenvalue weighted by molar-refractivity contribution is 5.66. The first-order chi connectivity index (χ1) is 6.90. The molecule has 3 heteroatoms. The van der Waals surface area contributed by atoms with Crippen LogP contribution in [0.4, 0.5) is 10.2 Å². The molecule has 0 unspecified atom stereocenters. The van der Waals surface area contributed by atoms with Gasteiger partial charge in [-0.2, -0.15) is 0 Å². The van der Waals surface area contributed by atoms with Gasteiger partial charge in [0, 0.05) is 11.8 Å². The number of benzene rings is 1. The lowest BCUT2D eigenvalue weighted by molar-refractivity contribution is 0.617. The van der Waals surface area contributed by atoms with E-state index in [2.05, 4.69) is 4.98 Å². The number of anilines is 1. The van der Waals surface area contributed by atoms with Gasteiger partial charge in [-0.15, -0.1) is 4.48 Å². The van der Waals surface area contributed by atoms with E-state index >= 15 is 0 Å². The minimum atomic E-state index is 0.367. The van der Waals surface area contributed by atoms with Gasteiger partial charge in [-0.25, -0.2) is 5.54 Å². The predicted octanol–water partition coefficient (Wildman–Crippen LogP) is 3.05. The molecular formula is C11H9FN2. The van der Waals surface area contributed by atoms with Crippen LogP contribution in [0.1, 0.15) is 0 Å². The summed E-state index contributed by atoms with van der Waals surface area (Å²) in [6.07, 6.45) is 3.14. The Morgan fingerprint density at radius 1 is 1.00 bits per heavy atom. The van der Waals surface area contributed by atoms with Gasteiger partial charge in [-0.1, -0.05) is 30.3 Å². The van der Waals surface area contributed by atoms with Gasteiger partial charge >= 0.3 is 0 Å². The van der Waals surface area contributed by atoms with Crippen LogP contribution in [0.3, 0.4) is 0 Å². The van der Waals surface area contributed by atoms with Gasteiger partial charge < -0.3 is 0 Å². The van der Waals surface area contributed by atoms with Crippen LogP contribution >= 0.6 is 0 Å². The summed E-state index contributed by atoms with van der Waals surface area (Å²) < 4.78 is 12.1. The Hall–Kier alpha value is -1.90. The summed E-state index contributed by atoms with van der Waals surface area (Å²) in [6.45, 7) is 0. The van der Waals surface area contributed by atoms with Crippen molar-refractivity contribution in [3.63, 3.8) is 0 Å². The number of nitrogens with zero attached hydrogens (tertiary/aromatic N) is 1. The van der Waals surface area contributed by atoms with Gasteiger partial charge in [-0.05, 0) is 11.6 Å². The van der Waals surface area contributed by atoms with Crippen molar-refractivity contribution < 1.29 is 4.48 Å². The van der Waals surface area contributed by atoms with Crippen LogP contribution in [-0.2, 0) is 0 Å². The van der Waals surface area contributed by atoms with Crippen molar-refractivity contribution in [2.24, 2.45) is 0 Å². The molecule has 1 aromatic heterocycles. The summed E-state index contributed by atoms with van der Waals surface area (Å²) in [4.78, 5) is 3.93.